The Hall–Kier alpha value is -3.08. The third-order valence-corrected chi connectivity index (χ3v) is 6.38. The van der Waals surface area contributed by atoms with E-state index >= 15 is 0 Å². The van der Waals surface area contributed by atoms with Crippen LogP contribution in [0.15, 0.2) is 29.5 Å². The number of hydrazone groups is 1. The highest BCUT2D eigenvalue weighted by atomic mass is 35.5. The molecule has 1 aliphatic rings. The number of carbonyl (C=O) groups is 1. The fourth-order valence-corrected chi connectivity index (χ4v) is 4.42. The molecule has 3 rings (SSSR count). The van der Waals surface area contributed by atoms with Crippen molar-refractivity contribution in [3.05, 3.63) is 35.0 Å². The van der Waals surface area contributed by atoms with Crippen LogP contribution < -0.4 is 26.3 Å². The highest BCUT2D eigenvalue weighted by molar-refractivity contribution is 6.33. The van der Waals surface area contributed by atoms with Gasteiger partial charge in [0.1, 0.15) is 11.6 Å². The van der Waals surface area contributed by atoms with Gasteiger partial charge in [-0.05, 0) is 38.1 Å². The Morgan fingerprint density at radius 1 is 1.33 bits per heavy atom. The predicted octanol–water partition coefficient (Wildman–Crippen LogP) is 3.12. The minimum absolute atomic E-state index is 0.193. The molecule has 1 saturated carbocycles. The number of amides is 1. The zero-order valence-electron chi connectivity index (χ0n) is 19.1. The van der Waals surface area contributed by atoms with E-state index in [9.17, 15) is 4.79 Å². The van der Waals surface area contributed by atoms with E-state index in [0.717, 1.165) is 25.5 Å². The molecule has 176 valence electrons. The summed E-state index contributed by atoms with van der Waals surface area (Å²) in [6.07, 6.45) is 8.35. The van der Waals surface area contributed by atoms with E-state index < -0.39 is 5.91 Å². The van der Waals surface area contributed by atoms with E-state index in [-0.39, 0.29) is 5.56 Å². The molecule has 1 aromatic carbocycles. The fourth-order valence-electron chi connectivity index (χ4n) is 4.26. The number of primary amides is 1. The molecular weight excluding hydrogens is 442 g/mol. The number of rotatable bonds is 9. The second kappa shape index (κ2) is 10.7. The Labute approximate surface area is 198 Å². The first-order chi connectivity index (χ1) is 15.8. The maximum atomic E-state index is 12.1. The molecule has 1 heterocycles. The average molecular weight is 473 g/mol. The van der Waals surface area contributed by atoms with Crippen LogP contribution in [0.1, 0.15) is 36.0 Å². The molecule has 1 amide bonds. The van der Waals surface area contributed by atoms with Crippen LogP contribution in [0.4, 0.5) is 23.1 Å². The normalized spacial score (nSPS) is 18.8. The van der Waals surface area contributed by atoms with E-state index in [4.69, 9.17) is 27.7 Å². The lowest BCUT2D eigenvalue weighted by Gasteiger charge is -2.42. The number of nitrogens with two attached hydrogens (primary N) is 1. The van der Waals surface area contributed by atoms with Crippen molar-refractivity contribution in [1.29, 1.82) is 5.41 Å². The summed E-state index contributed by atoms with van der Waals surface area (Å²) in [5.41, 5.74) is 9.74. The first kappa shape index (κ1) is 24.6. The van der Waals surface area contributed by atoms with Gasteiger partial charge in [0.05, 0.1) is 43.3 Å². The topological polar surface area (TPSA) is 141 Å². The lowest BCUT2D eigenvalue weighted by molar-refractivity contribution is 0.1000. The lowest BCUT2D eigenvalue weighted by atomic mass is 9.88. The van der Waals surface area contributed by atoms with Crippen molar-refractivity contribution in [3.63, 3.8) is 0 Å². The van der Waals surface area contributed by atoms with Crippen molar-refractivity contribution in [2.75, 3.05) is 31.9 Å². The SMILES string of the molecule is CNC1CCCCC1[N+](C)(C)c1ncc(C(N)=O)c(Nc2ccc(Cl)c(NN=CC=N)c2)n1. The number of nitrogens with zero attached hydrogens (tertiary/aromatic N) is 4. The van der Waals surface area contributed by atoms with Crippen molar-refractivity contribution in [1.82, 2.24) is 19.8 Å². The van der Waals surface area contributed by atoms with Gasteiger partial charge in [0.2, 0.25) is 0 Å². The Kier molecular flexibility index (Phi) is 7.96. The number of aromatic nitrogens is 2. The van der Waals surface area contributed by atoms with Crippen molar-refractivity contribution in [2.45, 2.75) is 37.8 Å². The summed E-state index contributed by atoms with van der Waals surface area (Å²) in [6, 6.07) is 5.84. The van der Waals surface area contributed by atoms with Gasteiger partial charge in [0.25, 0.3) is 5.91 Å². The van der Waals surface area contributed by atoms with Gasteiger partial charge < -0.3 is 21.8 Å². The molecule has 0 bridgehead atoms. The van der Waals surface area contributed by atoms with Crippen LogP contribution in [0.2, 0.25) is 5.02 Å². The number of halogens is 1. The molecule has 0 aliphatic heterocycles. The van der Waals surface area contributed by atoms with E-state index in [1.165, 1.54) is 18.8 Å². The molecule has 11 heteroatoms. The van der Waals surface area contributed by atoms with Gasteiger partial charge in [0.15, 0.2) is 5.82 Å². The van der Waals surface area contributed by atoms with Gasteiger partial charge in [-0.3, -0.25) is 14.7 Å². The standard InChI is InChI=1S/C22H30ClN9O/c1-26-17-6-4-5-7-19(17)32(2,3)22-27-13-15(20(25)33)21(30-22)29-14-8-9-16(23)18(12-14)31-28-11-10-24/h8-13,17,19,26H,4-7H2,1-3H3,(H4-,24,25,27,29,30,31,33)/p+1. The number of likely N-dealkylation sites (N-methyl/N-ethyl adjacent to an activating group) is 2. The van der Waals surface area contributed by atoms with Gasteiger partial charge >= 0.3 is 5.95 Å². The molecule has 1 aromatic heterocycles. The quantitative estimate of drug-likeness (QED) is 0.216. The molecular formula is C22H31ClN9O+. The summed E-state index contributed by atoms with van der Waals surface area (Å²) in [4.78, 5) is 21.3. The highest BCUT2D eigenvalue weighted by Gasteiger charge is 2.40. The van der Waals surface area contributed by atoms with Gasteiger partial charge in [-0.25, -0.2) is 0 Å². The van der Waals surface area contributed by atoms with E-state index in [2.05, 4.69) is 40.2 Å². The van der Waals surface area contributed by atoms with Crippen molar-refractivity contribution in [3.8, 4) is 0 Å². The number of anilines is 3. The molecule has 0 radical (unpaired) electrons. The third kappa shape index (κ3) is 5.65. The first-order valence-corrected chi connectivity index (χ1v) is 11.2. The monoisotopic (exact) mass is 472 g/mol. The summed E-state index contributed by atoms with van der Waals surface area (Å²) in [7, 11) is 6.18. The Morgan fingerprint density at radius 3 is 2.79 bits per heavy atom. The molecule has 1 fully saturated rings. The van der Waals surface area contributed by atoms with Crippen LogP contribution in [-0.2, 0) is 0 Å². The third-order valence-electron chi connectivity index (χ3n) is 6.05. The average Bonchev–Trinajstić information content (AvgIpc) is 2.81. The fraction of sp³-hybridized carbons (Fsp3) is 0.409. The first-order valence-electron chi connectivity index (χ1n) is 10.8. The predicted molar refractivity (Wildman–Crippen MR) is 135 cm³/mol. The summed E-state index contributed by atoms with van der Waals surface area (Å²) in [6.45, 7) is 0. The van der Waals surface area contributed by atoms with Crippen molar-refractivity contribution < 1.29 is 4.79 Å². The van der Waals surface area contributed by atoms with Crippen molar-refractivity contribution in [2.24, 2.45) is 10.8 Å². The Balaban J connectivity index is 1.96. The molecule has 2 aromatic rings. The summed E-state index contributed by atoms with van der Waals surface area (Å²) < 4.78 is 0.477. The van der Waals surface area contributed by atoms with E-state index in [0.29, 0.717) is 44.7 Å². The van der Waals surface area contributed by atoms with Gasteiger partial charge in [-0.15, -0.1) is 0 Å². The molecule has 10 nitrogen and oxygen atoms in total. The minimum atomic E-state index is -0.622. The van der Waals surface area contributed by atoms with Gasteiger partial charge in [-0.2, -0.15) is 15.1 Å². The smallest absolute Gasteiger partial charge is 0.330 e. The van der Waals surface area contributed by atoms with Crippen LogP contribution in [0, 0.1) is 5.41 Å². The van der Waals surface area contributed by atoms with Crippen LogP contribution in [0.5, 0.6) is 0 Å². The Bertz CT molecular complexity index is 1040. The van der Waals surface area contributed by atoms with Crippen LogP contribution in [0.25, 0.3) is 0 Å². The highest BCUT2D eigenvalue weighted by Crippen LogP contribution is 2.32. The number of hydrogen-bond donors (Lipinski definition) is 5. The number of hydrogen-bond acceptors (Lipinski definition) is 8. The van der Waals surface area contributed by atoms with E-state index in [1.54, 1.807) is 18.2 Å². The molecule has 6 N–H and O–H groups in total. The Morgan fingerprint density at radius 2 is 2.09 bits per heavy atom. The number of benzene rings is 1. The molecule has 33 heavy (non-hydrogen) atoms. The maximum Gasteiger partial charge on any atom is 0.330 e. The summed E-state index contributed by atoms with van der Waals surface area (Å²) >= 11 is 6.23. The van der Waals surface area contributed by atoms with Crippen LogP contribution in [-0.4, -0.2) is 61.5 Å². The zero-order valence-corrected chi connectivity index (χ0v) is 19.9. The number of nitrogens with one attached hydrogen (secondary N) is 4. The van der Waals surface area contributed by atoms with Crippen LogP contribution in [0.3, 0.4) is 0 Å². The second-order valence-corrected chi connectivity index (χ2v) is 8.87. The molecule has 2 unspecified atom stereocenters. The minimum Gasteiger partial charge on any atom is -0.365 e. The molecule has 1 aliphatic carbocycles. The molecule has 2 atom stereocenters. The number of quaternary nitrogens is 1. The van der Waals surface area contributed by atoms with Gasteiger partial charge in [-0.1, -0.05) is 18.0 Å². The summed E-state index contributed by atoms with van der Waals surface area (Å²) in [5.74, 6) is 0.298. The zero-order chi connectivity index (χ0) is 24.0. The molecule has 0 spiro atoms. The number of carbonyl (C=O) groups excluding carboxylic acids is 1. The maximum absolute atomic E-state index is 12.1. The summed E-state index contributed by atoms with van der Waals surface area (Å²) in [5, 5.41) is 18.0. The largest absolute Gasteiger partial charge is 0.365 e. The lowest BCUT2D eigenvalue weighted by Crippen LogP contribution is -2.60. The van der Waals surface area contributed by atoms with Gasteiger partial charge in [0, 0.05) is 18.3 Å². The van der Waals surface area contributed by atoms with Crippen molar-refractivity contribution >= 4 is 53.1 Å². The second-order valence-electron chi connectivity index (χ2n) is 8.46. The van der Waals surface area contributed by atoms with E-state index in [1.807, 2.05) is 7.05 Å². The molecule has 0 saturated heterocycles. The van der Waals surface area contributed by atoms with Crippen LogP contribution >= 0.6 is 11.6 Å².